The van der Waals surface area contributed by atoms with Crippen LogP contribution < -0.4 is 4.72 Å². The SMILES string of the molecule is O=S(=O)(Nc1cccc(Cn2ccnc2)c1)c1cccs1. The molecule has 1 aromatic carbocycles. The highest BCUT2D eigenvalue weighted by Crippen LogP contribution is 2.21. The number of thiophene rings is 1. The standard InChI is InChI=1S/C14H13N3O2S2/c18-21(19,14-5-2-8-20-14)16-13-4-1-3-12(9-13)10-17-7-6-15-11-17/h1-9,11,16H,10H2. The van der Waals surface area contributed by atoms with E-state index in [1.807, 2.05) is 29.0 Å². The van der Waals surface area contributed by atoms with Crippen molar-refractivity contribution in [3.8, 4) is 0 Å². The van der Waals surface area contributed by atoms with Gasteiger partial charge in [0.05, 0.1) is 6.33 Å². The lowest BCUT2D eigenvalue weighted by molar-refractivity contribution is 0.603. The van der Waals surface area contributed by atoms with E-state index < -0.39 is 10.0 Å². The smallest absolute Gasteiger partial charge is 0.271 e. The van der Waals surface area contributed by atoms with Crippen molar-refractivity contribution in [2.75, 3.05) is 4.72 Å². The van der Waals surface area contributed by atoms with Crippen molar-refractivity contribution in [1.82, 2.24) is 9.55 Å². The van der Waals surface area contributed by atoms with Gasteiger partial charge in [0.1, 0.15) is 4.21 Å². The van der Waals surface area contributed by atoms with Crippen LogP contribution in [0.25, 0.3) is 0 Å². The first-order valence-corrected chi connectivity index (χ1v) is 8.61. The van der Waals surface area contributed by atoms with Crippen LogP contribution in [0.2, 0.25) is 0 Å². The van der Waals surface area contributed by atoms with Crippen LogP contribution >= 0.6 is 11.3 Å². The van der Waals surface area contributed by atoms with Crippen molar-refractivity contribution in [2.24, 2.45) is 0 Å². The average molecular weight is 319 g/mol. The zero-order valence-corrected chi connectivity index (χ0v) is 12.6. The molecule has 0 aliphatic rings. The van der Waals surface area contributed by atoms with Crippen molar-refractivity contribution in [3.05, 3.63) is 66.1 Å². The van der Waals surface area contributed by atoms with E-state index in [9.17, 15) is 8.42 Å². The first-order valence-electron chi connectivity index (χ1n) is 6.24. The summed E-state index contributed by atoms with van der Waals surface area (Å²) in [7, 11) is -3.50. The lowest BCUT2D eigenvalue weighted by atomic mass is 10.2. The molecule has 3 aromatic rings. The average Bonchev–Trinajstić information content (AvgIpc) is 3.11. The number of hydrogen-bond acceptors (Lipinski definition) is 4. The number of rotatable bonds is 5. The molecule has 0 spiro atoms. The molecule has 2 heterocycles. The Kier molecular flexibility index (Phi) is 3.76. The Hall–Kier alpha value is -2.12. The van der Waals surface area contributed by atoms with Gasteiger partial charge < -0.3 is 4.57 Å². The highest BCUT2D eigenvalue weighted by atomic mass is 32.2. The molecule has 7 heteroatoms. The van der Waals surface area contributed by atoms with E-state index in [0.29, 0.717) is 16.4 Å². The monoisotopic (exact) mass is 319 g/mol. The van der Waals surface area contributed by atoms with E-state index in [1.54, 1.807) is 36.1 Å². The highest BCUT2D eigenvalue weighted by molar-refractivity contribution is 7.94. The topological polar surface area (TPSA) is 64.0 Å². The predicted molar refractivity (Wildman–Crippen MR) is 82.9 cm³/mol. The first kappa shape index (κ1) is 13.8. The third-order valence-electron chi connectivity index (χ3n) is 2.86. The number of nitrogens with zero attached hydrogens (tertiary/aromatic N) is 2. The molecule has 0 aliphatic carbocycles. The number of hydrogen-bond donors (Lipinski definition) is 1. The van der Waals surface area contributed by atoms with Gasteiger partial charge >= 0.3 is 0 Å². The lowest BCUT2D eigenvalue weighted by Crippen LogP contribution is -2.11. The first-order chi connectivity index (χ1) is 10.1. The van der Waals surface area contributed by atoms with Gasteiger partial charge in [-0.1, -0.05) is 18.2 Å². The number of nitrogens with one attached hydrogen (secondary N) is 1. The summed E-state index contributed by atoms with van der Waals surface area (Å²) in [6.07, 6.45) is 5.30. The Morgan fingerprint density at radius 3 is 2.86 bits per heavy atom. The second-order valence-corrected chi connectivity index (χ2v) is 7.33. The minimum atomic E-state index is -3.50. The quantitative estimate of drug-likeness (QED) is 0.786. The number of sulfonamides is 1. The van der Waals surface area contributed by atoms with Gasteiger partial charge in [-0.2, -0.15) is 0 Å². The van der Waals surface area contributed by atoms with Crippen molar-refractivity contribution in [2.45, 2.75) is 10.8 Å². The van der Waals surface area contributed by atoms with E-state index in [2.05, 4.69) is 9.71 Å². The van der Waals surface area contributed by atoms with Gasteiger partial charge in [0.15, 0.2) is 0 Å². The molecule has 0 saturated carbocycles. The predicted octanol–water partition coefficient (Wildman–Crippen LogP) is 2.79. The summed E-state index contributed by atoms with van der Waals surface area (Å²) in [6, 6.07) is 10.6. The maximum Gasteiger partial charge on any atom is 0.271 e. The minimum absolute atomic E-state index is 0.308. The van der Waals surface area contributed by atoms with Crippen LogP contribution in [0.3, 0.4) is 0 Å². The van der Waals surface area contributed by atoms with Crippen LogP contribution in [-0.4, -0.2) is 18.0 Å². The van der Waals surface area contributed by atoms with Crippen molar-refractivity contribution < 1.29 is 8.42 Å². The van der Waals surface area contributed by atoms with Crippen LogP contribution in [0.4, 0.5) is 5.69 Å². The summed E-state index contributed by atoms with van der Waals surface area (Å²) >= 11 is 1.19. The molecule has 21 heavy (non-hydrogen) atoms. The number of imidazole rings is 1. The van der Waals surface area contributed by atoms with Gasteiger partial charge in [-0.3, -0.25) is 4.72 Å². The van der Waals surface area contributed by atoms with Gasteiger partial charge in [-0.25, -0.2) is 13.4 Å². The van der Waals surface area contributed by atoms with Crippen LogP contribution in [0.1, 0.15) is 5.56 Å². The molecule has 5 nitrogen and oxygen atoms in total. The van der Waals surface area contributed by atoms with Crippen molar-refractivity contribution in [3.63, 3.8) is 0 Å². The minimum Gasteiger partial charge on any atom is -0.333 e. The van der Waals surface area contributed by atoms with Crippen LogP contribution in [-0.2, 0) is 16.6 Å². The van der Waals surface area contributed by atoms with Crippen LogP contribution in [0, 0.1) is 0 Å². The molecular weight excluding hydrogens is 306 g/mol. The summed E-state index contributed by atoms with van der Waals surface area (Å²) in [5, 5.41) is 1.74. The third-order valence-corrected chi connectivity index (χ3v) is 5.64. The van der Waals surface area contributed by atoms with Crippen LogP contribution in [0.5, 0.6) is 0 Å². The van der Waals surface area contributed by atoms with Gasteiger partial charge in [-0.15, -0.1) is 11.3 Å². The molecule has 3 rings (SSSR count). The molecule has 0 saturated heterocycles. The molecule has 0 fully saturated rings. The van der Waals surface area contributed by atoms with Gasteiger partial charge in [0.25, 0.3) is 10.0 Å². The molecule has 2 aromatic heterocycles. The number of aromatic nitrogens is 2. The van der Waals surface area contributed by atoms with Crippen molar-refractivity contribution in [1.29, 1.82) is 0 Å². The molecule has 0 unspecified atom stereocenters. The molecule has 0 atom stereocenters. The fourth-order valence-electron chi connectivity index (χ4n) is 1.95. The highest BCUT2D eigenvalue weighted by Gasteiger charge is 2.15. The maximum atomic E-state index is 12.2. The van der Waals surface area contributed by atoms with Gasteiger partial charge in [-0.05, 0) is 29.1 Å². The van der Waals surface area contributed by atoms with E-state index in [-0.39, 0.29) is 0 Å². The fourth-order valence-corrected chi connectivity index (χ4v) is 3.99. The summed E-state index contributed by atoms with van der Waals surface area (Å²) in [5.74, 6) is 0. The normalized spacial score (nSPS) is 11.4. The fraction of sp³-hybridized carbons (Fsp3) is 0.0714. The Morgan fingerprint density at radius 1 is 1.24 bits per heavy atom. The number of benzene rings is 1. The molecular formula is C14H13N3O2S2. The summed E-state index contributed by atoms with van der Waals surface area (Å²) in [6.45, 7) is 0.647. The largest absolute Gasteiger partial charge is 0.333 e. The van der Waals surface area contributed by atoms with Gasteiger partial charge in [0, 0.05) is 24.6 Å². The number of anilines is 1. The molecule has 0 bridgehead atoms. The molecule has 108 valence electrons. The second-order valence-electron chi connectivity index (χ2n) is 4.47. The van der Waals surface area contributed by atoms with Gasteiger partial charge in [0.2, 0.25) is 0 Å². The molecule has 0 aliphatic heterocycles. The maximum absolute atomic E-state index is 12.2. The molecule has 0 amide bonds. The Labute approximate surface area is 127 Å². The van der Waals surface area contributed by atoms with Crippen LogP contribution in [0.15, 0.2) is 64.7 Å². The lowest BCUT2D eigenvalue weighted by Gasteiger charge is -2.08. The summed E-state index contributed by atoms with van der Waals surface area (Å²) in [5.41, 5.74) is 1.56. The van der Waals surface area contributed by atoms with E-state index >= 15 is 0 Å². The Bertz CT molecular complexity index is 810. The summed E-state index contributed by atoms with van der Waals surface area (Å²) < 4.78 is 29.2. The zero-order valence-electron chi connectivity index (χ0n) is 11.0. The second kappa shape index (κ2) is 5.71. The van der Waals surface area contributed by atoms with E-state index in [4.69, 9.17) is 0 Å². The molecule has 0 radical (unpaired) electrons. The van der Waals surface area contributed by atoms with Crippen molar-refractivity contribution >= 4 is 27.0 Å². The third kappa shape index (κ3) is 3.32. The Balaban J connectivity index is 1.80. The Morgan fingerprint density at radius 2 is 2.14 bits per heavy atom. The molecule has 1 N–H and O–H groups in total. The zero-order chi connectivity index (χ0) is 14.7. The summed E-state index contributed by atoms with van der Waals surface area (Å²) in [4.78, 5) is 3.99. The van der Waals surface area contributed by atoms with E-state index in [0.717, 1.165) is 5.56 Å². The van der Waals surface area contributed by atoms with E-state index in [1.165, 1.54) is 11.3 Å².